The zero-order chi connectivity index (χ0) is 13.5. The highest BCUT2D eigenvalue weighted by Gasteiger charge is 2.14. The Balaban J connectivity index is 2.64. The van der Waals surface area contributed by atoms with Crippen molar-refractivity contribution in [1.82, 2.24) is 5.32 Å². The predicted molar refractivity (Wildman–Crippen MR) is 74.2 cm³/mol. The molecule has 4 nitrogen and oxygen atoms in total. The number of nitro groups is 1. The first kappa shape index (κ1) is 14.9. The molecule has 1 rings (SSSR count). The molecule has 0 aliphatic carbocycles. The van der Waals surface area contributed by atoms with Crippen molar-refractivity contribution in [2.24, 2.45) is 0 Å². The van der Waals surface area contributed by atoms with Crippen LogP contribution in [-0.4, -0.2) is 17.5 Å². The van der Waals surface area contributed by atoms with E-state index in [1.54, 1.807) is 12.1 Å². The number of benzene rings is 1. The molecule has 0 amide bonds. The molecule has 0 saturated carbocycles. The van der Waals surface area contributed by atoms with E-state index in [4.69, 9.17) is 11.6 Å². The quantitative estimate of drug-likeness (QED) is 0.609. The smallest absolute Gasteiger partial charge is 0.274 e. The maximum Gasteiger partial charge on any atom is 0.274 e. The molecule has 1 aromatic rings. The van der Waals surface area contributed by atoms with Crippen LogP contribution in [0, 0.1) is 10.1 Å². The van der Waals surface area contributed by atoms with Gasteiger partial charge in [-0.3, -0.25) is 10.1 Å². The van der Waals surface area contributed by atoms with Gasteiger partial charge in [0.05, 0.1) is 4.92 Å². The summed E-state index contributed by atoms with van der Waals surface area (Å²) in [6.45, 7) is 5.19. The van der Waals surface area contributed by atoms with Crippen LogP contribution >= 0.6 is 11.6 Å². The fourth-order valence-corrected chi connectivity index (χ4v) is 1.95. The van der Waals surface area contributed by atoms with E-state index in [2.05, 4.69) is 19.2 Å². The van der Waals surface area contributed by atoms with E-state index in [0.717, 1.165) is 24.9 Å². The van der Waals surface area contributed by atoms with Crippen LogP contribution < -0.4 is 5.32 Å². The first-order chi connectivity index (χ1) is 8.54. The van der Waals surface area contributed by atoms with E-state index in [1.165, 1.54) is 6.07 Å². The molecule has 0 bridgehead atoms. The van der Waals surface area contributed by atoms with E-state index in [0.29, 0.717) is 17.5 Å². The highest BCUT2D eigenvalue weighted by atomic mass is 35.5. The highest BCUT2D eigenvalue weighted by molar-refractivity contribution is 6.30. The Kier molecular flexibility index (Phi) is 6.09. The Morgan fingerprint density at radius 3 is 2.83 bits per heavy atom. The highest BCUT2D eigenvalue weighted by Crippen LogP contribution is 2.24. The van der Waals surface area contributed by atoms with Crippen molar-refractivity contribution in [1.29, 1.82) is 0 Å². The lowest BCUT2D eigenvalue weighted by atomic mass is 10.0. The molecule has 100 valence electrons. The molecule has 0 aliphatic rings. The first-order valence-electron chi connectivity index (χ1n) is 6.20. The van der Waals surface area contributed by atoms with Gasteiger partial charge in [0, 0.05) is 22.7 Å². The fraction of sp³-hybridized carbons (Fsp3) is 0.538. The number of nitrogens with one attached hydrogen (secondary N) is 1. The van der Waals surface area contributed by atoms with Crippen LogP contribution in [0.15, 0.2) is 18.2 Å². The second kappa shape index (κ2) is 7.34. The first-order valence-corrected chi connectivity index (χ1v) is 6.58. The minimum absolute atomic E-state index is 0.116. The van der Waals surface area contributed by atoms with Crippen LogP contribution in [0.3, 0.4) is 0 Å². The summed E-state index contributed by atoms with van der Waals surface area (Å²) in [6, 6.07) is 5.22. The number of nitro benzene ring substituents is 1. The van der Waals surface area contributed by atoms with Gasteiger partial charge in [-0.15, -0.1) is 0 Å². The van der Waals surface area contributed by atoms with Crippen LogP contribution in [0.1, 0.15) is 32.3 Å². The van der Waals surface area contributed by atoms with Crippen molar-refractivity contribution in [3.05, 3.63) is 38.9 Å². The van der Waals surface area contributed by atoms with Gasteiger partial charge in [0.2, 0.25) is 0 Å². The van der Waals surface area contributed by atoms with Gasteiger partial charge in [-0.2, -0.15) is 0 Å². The molecule has 0 spiro atoms. The summed E-state index contributed by atoms with van der Waals surface area (Å²) in [6.07, 6.45) is 2.65. The Morgan fingerprint density at radius 1 is 1.50 bits per heavy atom. The van der Waals surface area contributed by atoms with Crippen molar-refractivity contribution in [2.45, 2.75) is 39.2 Å². The zero-order valence-corrected chi connectivity index (χ0v) is 11.5. The van der Waals surface area contributed by atoms with E-state index < -0.39 is 0 Å². The molecule has 0 aliphatic heterocycles. The number of aryl methyl sites for hydroxylation is 1. The molecule has 0 radical (unpaired) electrons. The third kappa shape index (κ3) is 4.63. The standard InChI is InChI=1S/C13H19ClN2O2/c1-3-8-15-10(2)4-5-11-6-7-12(14)9-13(11)16(17)18/h6-7,9-10,15H,3-5,8H2,1-2H3. The summed E-state index contributed by atoms with van der Waals surface area (Å²) in [5.74, 6) is 0. The lowest BCUT2D eigenvalue weighted by Crippen LogP contribution is -2.27. The van der Waals surface area contributed by atoms with Gasteiger partial charge >= 0.3 is 0 Å². The molecule has 18 heavy (non-hydrogen) atoms. The van der Waals surface area contributed by atoms with Crippen LogP contribution in [-0.2, 0) is 6.42 Å². The van der Waals surface area contributed by atoms with Crippen molar-refractivity contribution < 1.29 is 4.92 Å². The monoisotopic (exact) mass is 270 g/mol. The van der Waals surface area contributed by atoms with Gasteiger partial charge in [-0.1, -0.05) is 24.6 Å². The van der Waals surface area contributed by atoms with Crippen LogP contribution in [0.5, 0.6) is 0 Å². The third-order valence-corrected chi connectivity index (χ3v) is 3.07. The second-order valence-corrected chi connectivity index (χ2v) is 4.86. The van der Waals surface area contributed by atoms with Crippen molar-refractivity contribution in [3.8, 4) is 0 Å². The molecule has 1 atom stereocenters. The van der Waals surface area contributed by atoms with Crippen LogP contribution in [0.4, 0.5) is 5.69 Å². The third-order valence-electron chi connectivity index (χ3n) is 2.83. The normalized spacial score (nSPS) is 12.4. The number of hydrogen-bond acceptors (Lipinski definition) is 3. The second-order valence-electron chi connectivity index (χ2n) is 4.42. The molecule has 0 fully saturated rings. The van der Waals surface area contributed by atoms with E-state index in [9.17, 15) is 10.1 Å². The SMILES string of the molecule is CCCNC(C)CCc1ccc(Cl)cc1[N+](=O)[O-]. The van der Waals surface area contributed by atoms with E-state index >= 15 is 0 Å². The summed E-state index contributed by atoms with van der Waals surface area (Å²) in [5.41, 5.74) is 0.861. The van der Waals surface area contributed by atoms with Gasteiger partial charge in [-0.05, 0) is 38.8 Å². The number of rotatable bonds is 7. The maximum absolute atomic E-state index is 10.9. The Hall–Kier alpha value is -1.13. The van der Waals surface area contributed by atoms with Crippen LogP contribution in [0.2, 0.25) is 5.02 Å². The summed E-state index contributed by atoms with van der Waals surface area (Å²) < 4.78 is 0. The van der Waals surface area contributed by atoms with Gasteiger partial charge in [-0.25, -0.2) is 0 Å². The van der Waals surface area contributed by atoms with E-state index in [-0.39, 0.29) is 10.6 Å². The number of hydrogen-bond donors (Lipinski definition) is 1. The molecule has 0 heterocycles. The lowest BCUT2D eigenvalue weighted by Gasteiger charge is -2.12. The van der Waals surface area contributed by atoms with Gasteiger partial charge in [0.1, 0.15) is 0 Å². The molecule has 5 heteroatoms. The van der Waals surface area contributed by atoms with Crippen LogP contribution in [0.25, 0.3) is 0 Å². The number of halogens is 1. The van der Waals surface area contributed by atoms with Crippen molar-refractivity contribution >= 4 is 17.3 Å². The molecule has 1 aromatic carbocycles. The molecule has 0 saturated heterocycles. The van der Waals surface area contributed by atoms with Gasteiger partial charge < -0.3 is 5.32 Å². The molecule has 0 aromatic heterocycles. The summed E-state index contributed by atoms with van der Waals surface area (Å²) in [7, 11) is 0. The molecule has 1 N–H and O–H groups in total. The fourth-order valence-electron chi connectivity index (χ4n) is 1.78. The molecular formula is C13H19ClN2O2. The van der Waals surface area contributed by atoms with Gasteiger partial charge in [0.15, 0.2) is 0 Å². The topological polar surface area (TPSA) is 55.2 Å². The van der Waals surface area contributed by atoms with Crippen molar-refractivity contribution in [3.63, 3.8) is 0 Å². The molecule has 1 unspecified atom stereocenters. The lowest BCUT2D eigenvalue weighted by molar-refractivity contribution is -0.385. The Labute approximate surface area is 112 Å². The average molecular weight is 271 g/mol. The predicted octanol–water partition coefficient (Wildman–Crippen LogP) is 3.57. The summed E-state index contributed by atoms with van der Waals surface area (Å²) in [5, 5.41) is 14.7. The summed E-state index contributed by atoms with van der Waals surface area (Å²) >= 11 is 5.78. The molecular weight excluding hydrogens is 252 g/mol. The summed E-state index contributed by atoms with van der Waals surface area (Å²) in [4.78, 5) is 10.6. The minimum Gasteiger partial charge on any atom is -0.314 e. The maximum atomic E-state index is 10.9. The Bertz CT molecular complexity index is 410. The average Bonchev–Trinajstić information content (AvgIpc) is 2.34. The van der Waals surface area contributed by atoms with E-state index in [1.807, 2.05) is 0 Å². The Morgan fingerprint density at radius 2 is 2.22 bits per heavy atom. The minimum atomic E-state index is -0.370. The number of nitrogens with zero attached hydrogens (tertiary/aromatic N) is 1. The van der Waals surface area contributed by atoms with Crippen molar-refractivity contribution in [2.75, 3.05) is 6.54 Å². The zero-order valence-electron chi connectivity index (χ0n) is 10.8. The van der Waals surface area contributed by atoms with Gasteiger partial charge in [0.25, 0.3) is 5.69 Å². The largest absolute Gasteiger partial charge is 0.314 e.